The number of nitrogens with zero attached hydrogens (tertiary/aromatic N) is 1. The number of benzene rings is 1. The molecule has 1 fully saturated rings. The van der Waals surface area contributed by atoms with E-state index in [9.17, 15) is 4.39 Å². The van der Waals surface area contributed by atoms with E-state index in [1.807, 2.05) is 6.07 Å². The quantitative estimate of drug-likeness (QED) is 0.763. The Morgan fingerprint density at radius 1 is 1.33 bits per heavy atom. The van der Waals surface area contributed by atoms with Gasteiger partial charge in [-0.1, -0.05) is 0 Å². The molecule has 0 radical (unpaired) electrons. The van der Waals surface area contributed by atoms with Gasteiger partial charge in [0.25, 0.3) is 0 Å². The fourth-order valence-electron chi connectivity index (χ4n) is 2.56. The summed E-state index contributed by atoms with van der Waals surface area (Å²) in [5.41, 5.74) is 7.34. The lowest BCUT2D eigenvalue weighted by molar-refractivity contribution is 0.263. The molecule has 4 nitrogen and oxygen atoms in total. The minimum atomic E-state index is -0.173. The number of rotatable bonds is 1. The van der Waals surface area contributed by atoms with E-state index in [1.165, 1.54) is 0 Å². The molecule has 18 heavy (non-hydrogen) atoms. The van der Waals surface area contributed by atoms with E-state index in [-0.39, 0.29) is 11.9 Å². The third kappa shape index (κ3) is 2.15. The monoisotopic (exact) mass is 251 g/mol. The topological polar surface area (TPSA) is 50.5 Å². The van der Waals surface area contributed by atoms with Crippen molar-refractivity contribution >= 4 is 5.69 Å². The molecule has 0 amide bonds. The van der Waals surface area contributed by atoms with Crippen LogP contribution in [0.3, 0.4) is 0 Å². The van der Waals surface area contributed by atoms with E-state index in [0.717, 1.165) is 37.5 Å². The highest BCUT2D eigenvalue weighted by Crippen LogP contribution is 2.32. The van der Waals surface area contributed by atoms with Crippen molar-refractivity contribution < 1.29 is 9.13 Å². The second kappa shape index (κ2) is 4.74. The zero-order valence-corrected chi connectivity index (χ0v) is 10.3. The lowest BCUT2D eigenvalue weighted by Gasteiger charge is -2.31. The van der Waals surface area contributed by atoms with Crippen LogP contribution in [0.25, 0.3) is 0 Å². The molecule has 1 atom stereocenters. The lowest BCUT2D eigenvalue weighted by Crippen LogP contribution is -2.44. The number of hydrogen-bond donors (Lipinski definition) is 2. The van der Waals surface area contributed by atoms with Crippen LogP contribution in [0, 0.1) is 5.82 Å². The van der Waals surface area contributed by atoms with Gasteiger partial charge in [-0.15, -0.1) is 0 Å². The van der Waals surface area contributed by atoms with Gasteiger partial charge in [0, 0.05) is 38.3 Å². The predicted octanol–water partition coefficient (Wildman–Crippen LogP) is 0.497. The summed E-state index contributed by atoms with van der Waals surface area (Å²) in [6.45, 7) is 3.95. The maximum absolute atomic E-state index is 14.1. The Labute approximate surface area is 106 Å². The van der Waals surface area contributed by atoms with Crippen molar-refractivity contribution in [1.29, 1.82) is 0 Å². The summed E-state index contributed by atoms with van der Waals surface area (Å²) >= 11 is 0. The summed E-state index contributed by atoms with van der Waals surface area (Å²) in [5.74, 6) is 0.611. The molecule has 2 aliphatic rings. The molecule has 1 unspecified atom stereocenters. The molecule has 0 aromatic heterocycles. The molecule has 0 saturated carbocycles. The normalized spacial score (nSPS) is 23.4. The smallest absolute Gasteiger partial charge is 0.147 e. The van der Waals surface area contributed by atoms with Gasteiger partial charge in [-0.05, 0) is 18.1 Å². The first kappa shape index (κ1) is 11.7. The molecule has 2 aliphatic heterocycles. The van der Waals surface area contributed by atoms with E-state index in [2.05, 4.69) is 10.2 Å². The predicted molar refractivity (Wildman–Crippen MR) is 68.7 cm³/mol. The van der Waals surface area contributed by atoms with Crippen LogP contribution in [-0.2, 0) is 6.42 Å². The Morgan fingerprint density at radius 3 is 2.89 bits per heavy atom. The molecular formula is C13H18FN3O. The highest BCUT2D eigenvalue weighted by Gasteiger charge is 2.22. The number of nitrogens with one attached hydrogen (secondary N) is 1. The zero-order valence-electron chi connectivity index (χ0n) is 10.3. The van der Waals surface area contributed by atoms with Gasteiger partial charge in [0.1, 0.15) is 18.2 Å². The van der Waals surface area contributed by atoms with Gasteiger partial charge in [0.2, 0.25) is 0 Å². The number of fused-ring (bicyclic) bond motifs is 1. The van der Waals surface area contributed by atoms with E-state index in [1.54, 1.807) is 6.07 Å². The van der Waals surface area contributed by atoms with Gasteiger partial charge in [-0.25, -0.2) is 4.39 Å². The van der Waals surface area contributed by atoms with Gasteiger partial charge in [-0.3, -0.25) is 0 Å². The second-order valence-electron chi connectivity index (χ2n) is 4.92. The van der Waals surface area contributed by atoms with E-state index >= 15 is 0 Å². The van der Waals surface area contributed by atoms with Gasteiger partial charge in [-0.2, -0.15) is 0 Å². The molecule has 0 aliphatic carbocycles. The lowest BCUT2D eigenvalue weighted by atomic mass is 10.0. The van der Waals surface area contributed by atoms with Crippen LogP contribution < -0.4 is 20.7 Å². The van der Waals surface area contributed by atoms with Gasteiger partial charge in [0.05, 0.1) is 5.69 Å². The molecular weight excluding hydrogens is 233 g/mol. The zero-order chi connectivity index (χ0) is 12.5. The van der Waals surface area contributed by atoms with Crippen LogP contribution in [0.1, 0.15) is 5.56 Å². The molecule has 1 aromatic carbocycles. The summed E-state index contributed by atoms with van der Waals surface area (Å²) in [6.07, 6.45) is 0.689. The molecule has 0 bridgehead atoms. The maximum atomic E-state index is 14.1. The van der Waals surface area contributed by atoms with Crippen molar-refractivity contribution in [3.05, 3.63) is 23.5 Å². The summed E-state index contributed by atoms with van der Waals surface area (Å²) in [5, 5.41) is 3.26. The average molecular weight is 251 g/mol. The van der Waals surface area contributed by atoms with Gasteiger partial charge >= 0.3 is 0 Å². The summed E-state index contributed by atoms with van der Waals surface area (Å²) in [7, 11) is 0. The number of hydrogen-bond acceptors (Lipinski definition) is 4. The van der Waals surface area contributed by atoms with Crippen molar-refractivity contribution in [3.63, 3.8) is 0 Å². The first-order valence-corrected chi connectivity index (χ1v) is 6.40. The minimum absolute atomic E-state index is 0.0260. The third-order valence-corrected chi connectivity index (χ3v) is 3.52. The van der Waals surface area contributed by atoms with Crippen molar-refractivity contribution in [3.8, 4) is 5.75 Å². The molecule has 1 saturated heterocycles. The van der Waals surface area contributed by atoms with Gasteiger partial charge < -0.3 is 20.7 Å². The second-order valence-corrected chi connectivity index (χ2v) is 4.92. The number of nitrogens with two attached hydrogens (primary N) is 1. The van der Waals surface area contributed by atoms with Crippen molar-refractivity contribution in [2.75, 3.05) is 37.7 Å². The number of piperazine rings is 1. The minimum Gasteiger partial charge on any atom is -0.492 e. The largest absolute Gasteiger partial charge is 0.492 e. The van der Waals surface area contributed by atoms with Crippen LogP contribution in [0.5, 0.6) is 5.75 Å². The highest BCUT2D eigenvalue weighted by atomic mass is 19.1. The number of anilines is 1. The van der Waals surface area contributed by atoms with E-state index < -0.39 is 0 Å². The van der Waals surface area contributed by atoms with Crippen molar-refractivity contribution in [2.45, 2.75) is 12.5 Å². The standard InChI is InChI=1S/C13H18FN3O/c14-11-6-9-5-10(15)8-18-13(9)7-12(11)17-3-1-16-2-4-17/h6-7,10,16H,1-5,8,15H2. The Morgan fingerprint density at radius 2 is 2.11 bits per heavy atom. The van der Waals surface area contributed by atoms with Crippen LogP contribution in [0.15, 0.2) is 12.1 Å². The Balaban J connectivity index is 1.91. The molecule has 3 N–H and O–H groups in total. The number of ether oxygens (including phenoxy) is 1. The fraction of sp³-hybridized carbons (Fsp3) is 0.538. The molecule has 0 spiro atoms. The first-order chi connectivity index (χ1) is 8.74. The Kier molecular flexibility index (Phi) is 3.09. The van der Waals surface area contributed by atoms with Crippen molar-refractivity contribution in [1.82, 2.24) is 5.32 Å². The van der Waals surface area contributed by atoms with Crippen LogP contribution in [0.4, 0.5) is 10.1 Å². The first-order valence-electron chi connectivity index (χ1n) is 6.40. The third-order valence-electron chi connectivity index (χ3n) is 3.52. The summed E-state index contributed by atoms with van der Waals surface area (Å²) < 4.78 is 19.7. The van der Waals surface area contributed by atoms with Crippen LogP contribution in [-0.4, -0.2) is 38.8 Å². The molecule has 1 aromatic rings. The number of halogens is 1. The van der Waals surface area contributed by atoms with E-state index in [4.69, 9.17) is 10.5 Å². The SMILES string of the molecule is NC1COc2cc(N3CCNCC3)c(F)cc2C1. The fourth-order valence-corrected chi connectivity index (χ4v) is 2.56. The Hall–Kier alpha value is -1.33. The molecule has 98 valence electrons. The molecule has 2 heterocycles. The summed E-state index contributed by atoms with van der Waals surface area (Å²) in [4.78, 5) is 2.06. The highest BCUT2D eigenvalue weighted by molar-refractivity contribution is 5.56. The average Bonchev–Trinajstić information content (AvgIpc) is 2.39. The van der Waals surface area contributed by atoms with Gasteiger partial charge in [0.15, 0.2) is 0 Å². The van der Waals surface area contributed by atoms with Crippen LogP contribution in [0.2, 0.25) is 0 Å². The summed E-state index contributed by atoms with van der Waals surface area (Å²) in [6, 6.07) is 3.37. The van der Waals surface area contributed by atoms with Crippen molar-refractivity contribution in [2.24, 2.45) is 5.73 Å². The maximum Gasteiger partial charge on any atom is 0.147 e. The molecule has 5 heteroatoms. The van der Waals surface area contributed by atoms with E-state index in [0.29, 0.717) is 18.7 Å². The van der Waals surface area contributed by atoms with Crippen LogP contribution >= 0.6 is 0 Å². The Bertz CT molecular complexity index is 446. The molecule has 3 rings (SSSR count).